The minimum absolute atomic E-state index is 0.00841. The Bertz CT molecular complexity index is 500. The number of hydrogen-bond acceptors (Lipinski definition) is 9. The molecule has 0 N–H and O–H groups in total. The third-order valence-electron chi connectivity index (χ3n) is 4.41. The second kappa shape index (κ2) is 21.1. The Morgan fingerprint density at radius 3 is 2.06 bits per heavy atom. The van der Waals surface area contributed by atoms with Crippen LogP contribution in [0.5, 0.6) is 0 Å². The molecule has 182 valence electrons. The van der Waals surface area contributed by atoms with Crippen molar-refractivity contribution in [3.05, 3.63) is 0 Å². The summed E-state index contributed by atoms with van der Waals surface area (Å²) in [7, 11) is 3.85. The predicted octanol–water partition coefficient (Wildman–Crippen LogP) is 7.53. The molecule has 0 rings (SSSR count). The molecular formula is C22H40O4S5. The standard InChI is InChI=1S/C22H40O4S5/c1-5-6-7-8-9-10-11-12-13-14-17-28-21(27)30-22(2,3)20(24)31-29-18-19(23)26-16-15-25-4/h5-18H2,1-4H3. The summed E-state index contributed by atoms with van der Waals surface area (Å²) in [5, 5.41) is 0.00841. The zero-order chi connectivity index (χ0) is 23.4. The maximum Gasteiger partial charge on any atom is 0.316 e. The predicted molar refractivity (Wildman–Crippen MR) is 146 cm³/mol. The molecule has 0 unspecified atom stereocenters. The van der Waals surface area contributed by atoms with Gasteiger partial charge < -0.3 is 9.47 Å². The molecule has 0 aromatic heterocycles. The fourth-order valence-electron chi connectivity index (χ4n) is 2.54. The van der Waals surface area contributed by atoms with Gasteiger partial charge in [-0.05, 0) is 36.8 Å². The summed E-state index contributed by atoms with van der Waals surface area (Å²) in [5.41, 5.74) is 0. The number of esters is 1. The number of hydrogen-bond donors (Lipinski definition) is 0. The van der Waals surface area contributed by atoms with Crippen LogP contribution in [-0.4, -0.2) is 51.2 Å². The molecule has 0 spiro atoms. The first kappa shape index (κ1) is 31.6. The highest BCUT2D eigenvalue weighted by molar-refractivity contribution is 8.82. The van der Waals surface area contributed by atoms with Crippen molar-refractivity contribution in [1.82, 2.24) is 0 Å². The number of carbonyl (C=O) groups is 2. The van der Waals surface area contributed by atoms with E-state index in [0.717, 1.165) is 20.1 Å². The summed E-state index contributed by atoms with van der Waals surface area (Å²) in [6.45, 7) is 6.64. The molecule has 31 heavy (non-hydrogen) atoms. The topological polar surface area (TPSA) is 52.6 Å². The lowest BCUT2D eigenvalue weighted by Gasteiger charge is -2.21. The molecule has 4 nitrogen and oxygen atoms in total. The zero-order valence-electron chi connectivity index (χ0n) is 19.6. The summed E-state index contributed by atoms with van der Waals surface area (Å²) >= 11 is 8.60. The minimum Gasteiger partial charge on any atom is -0.463 e. The van der Waals surface area contributed by atoms with Gasteiger partial charge in [-0.2, -0.15) is 0 Å². The molecule has 0 atom stereocenters. The van der Waals surface area contributed by atoms with Crippen LogP contribution in [0.25, 0.3) is 0 Å². The Morgan fingerprint density at radius 2 is 1.48 bits per heavy atom. The smallest absolute Gasteiger partial charge is 0.316 e. The van der Waals surface area contributed by atoms with Crippen molar-refractivity contribution in [1.29, 1.82) is 0 Å². The Hall–Kier alpha value is 0.590. The number of carbonyl (C=O) groups excluding carboxylic acids is 2. The number of rotatable bonds is 19. The molecule has 0 aliphatic carbocycles. The first-order valence-electron chi connectivity index (χ1n) is 11.2. The van der Waals surface area contributed by atoms with E-state index in [0.29, 0.717) is 6.61 Å². The quantitative estimate of drug-likeness (QED) is 0.0732. The Balaban J connectivity index is 3.78. The van der Waals surface area contributed by atoms with E-state index in [-0.39, 0.29) is 23.4 Å². The van der Waals surface area contributed by atoms with E-state index in [2.05, 4.69) is 6.92 Å². The van der Waals surface area contributed by atoms with Crippen molar-refractivity contribution in [3.63, 3.8) is 0 Å². The van der Waals surface area contributed by atoms with Crippen molar-refractivity contribution in [2.75, 3.05) is 31.8 Å². The summed E-state index contributed by atoms with van der Waals surface area (Å²) in [5.74, 6) is 0.816. The van der Waals surface area contributed by atoms with Crippen LogP contribution in [0.15, 0.2) is 0 Å². The molecule has 0 aromatic carbocycles. The molecule has 0 saturated carbocycles. The van der Waals surface area contributed by atoms with E-state index in [1.165, 1.54) is 86.8 Å². The van der Waals surface area contributed by atoms with Gasteiger partial charge in [-0.15, -0.1) is 11.8 Å². The first-order chi connectivity index (χ1) is 14.8. The van der Waals surface area contributed by atoms with Gasteiger partial charge in [0, 0.05) is 7.11 Å². The Kier molecular flexibility index (Phi) is 21.5. The van der Waals surface area contributed by atoms with E-state index in [9.17, 15) is 9.59 Å². The fraction of sp³-hybridized carbons (Fsp3) is 0.864. The molecule has 0 heterocycles. The highest BCUT2D eigenvalue weighted by Gasteiger charge is 2.31. The molecule has 0 aliphatic heterocycles. The van der Waals surface area contributed by atoms with E-state index < -0.39 is 4.75 Å². The SMILES string of the molecule is CCCCCCCCCCCCSC(=S)SC(C)(C)C(=O)SSCC(=O)OCCOC. The van der Waals surface area contributed by atoms with Crippen LogP contribution in [0.4, 0.5) is 0 Å². The van der Waals surface area contributed by atoms with E-state index in [1.54, 1.807) is 18.9 Å². The number of unbranched alkanes of at least 4 members (excludes halogenated alkanes) is 9. The maximum absolute atomic E-state index is 12.5. The van der Waals surface area contributed by atoms with Gasteiger partial charge in [-0.25, -0.2) is 0 Å². The fourth-order valence-corrected chi connectivity index (χ4v) is 7.90. The summed E-state index contributed by atoms with van der Waals surface area (Å²) in [6.07, 6.45) is 13.3. The van der Waals surface area contributed by atoms with Crippen molar-refractivity contribution in [2.45, 2.75) is 89.7 Å². The van der Waals surface area contributed by atoms with E-state index in [1.807, 2.05) is 13.8 Å². The van der Waals surface area contributed by atoms with Gasteiger partial charge in [0.15, 0.2) is 0 Å². The first-order valence-corrected chi connectivity index (χ1v) is 15.7. The number of methoxy groups -OCH3 is 1. The second-order valence-electron chi connectivity index (χ2n) is 7.74. The van der Waals surface area contributed by atoms with Crippen molar-refractivity contribution in [3.8, 4) is 0 Å². The Labute approximate surface area is 211 Å². The van der Waals surface area contributed by atoms with Gasteiger partial charge in [0.05, 0.1) is 11.4 Å². The summed E-state index contributed by atoms with van der Waals surface area (Å²) in [6, 6.07) is 0. The van der Waals surface area contributed by atoms with Crippen LogP contribution in [0, 0.1) is 0 Å². The van der Waals surface area contributed by atoms with Crippen molar-refractivity contribution < 1.29 is 19.1 Å². The molecule has 0 amide bonds. The Morgan fingerprint density at radius 1 is 0.903 bits per heavy atom. The van der Waals surface area contributed by atoms with E-state index >= 15 is 0 Å². The molecule has 0 aliphatic rings. The van der Waals surface area contributed by atoms with Crippen LogP contribution in [0.1, 0.15) is 85.0 Å². The van der Waals surface area contributed by atoms with Gasteiger partial charge in [-0.1, -0.05) is 99.5 Å². The van der Waals surface area contributed by atoms with Gasteiger partial charge >= 0.3 is 5.97 Å². The van der Waals surface area contributed by atoms with Crippen LogP contribution < -0.4 is 0 Å². The highest BCUT2D eigenvalue weighted by Crippen LogP contribution is 2.38. The largest absolute Gasteiger partial charge is 0.463 e. The molecule has 0 radical (unpaired) electrons. The zero-order valence-corrected chi connectivity index (χ0v) is 23.7. The number of ether oxygens (including phenoxy) is 2. The molecule has 0 fully saturated rings. The van der Waals surface area contributed by atoms with Gasteiger partial charge in [-0.3, -0.25) is 9.59 Å². The number of thioether (sulfide) groups is 2. The summed E-state index contributed by atoms with van der Waals surface area (Å²) < 4.78 is 10.0. The average molecular weight is 529 g/mol. The van der Waals surface area contributed by atoms with Gasteiger partial charge in [0.2, 0.25) is 5.12 Å². The van der Waals surface area contributed by atoms with Gasteiger partial charge in [0.1, 0.15) is 15.9 Å². The molecule has 0 saturated heterocycles. The van der Waals surface area contributed by atoms with Gasteiger partial charge in [0.25, 0.3) is 0 Å². The number of thiocarbonyl (C=S) groups is 1. The maximum atomic E-state index is 12.5. The molecule has 0 aromatic rings. The van der Waals surface area contributed by atoms with Crippen LogP contribution in [0.3, 0.4) is 0 Å². The average Bonchev–Trinajstić information content (AvgIpc) is 2.71. The monoisotopic (exact) mass is 528 g/mol. The van der Waals surface area contributed by atoms with Crippen LogP contribution in [0.2, 0.25) is 0 Å². The van der Waals surface area contributed by atoms with Crippen molar-refractivity contribution in [2.24, 2.45) is 0 Å². The third kappa shape index (κ3) is 19.7. The molecule has 0 bridgehead atoms. The van der Waals surface area contributed by atoms with Crippen LogP contribution >= 0.6 is 57.3 Å². The van der Waals surface area contributed by atoms with Crippen molar-refractivity contribution >= 4 is 71.9 Å². The van der Waals surface area contributed by atoms with E-state index in [4.69, 9.17) is 21.7 Å². The lowest BCUT2D eigenvalue weighted by atomic mass is 10.1. The second-order valence-corrected chi connectivity index (χ2v) is 13.9. The lowest BCUT2D eigenvalue weighted by Crippen LogP contribution is -2.25. The third-order valence-corrected chi connectivity index (χ3v) is 9.63. The molecule has 9 heteroatoms. The minimum atomic E-state index is -0.612. The normalized spacial score (nSPS) is 11.5. The molecular weight excluding hydrogens is 489 g/mol. The summed E-state index contributed by atoms with van der Waals surface area (Å²) in [4.78, 5) is 24.0. The van der Waals surface area contributed by atoms with Crippen LogP contribution in [-0.2, 0) is 19.1 Å². The highest BCUT2D eigenvalue weighted by atomic mass is 33.1. The lowest BCUT2D eigenvalue weighted by molar-refractivity contribution is -0.141.